The topological polar surface area (TPSA) is 67.4 Å². The first-order valence-corrected chi connectivity index (χ1v) is 11.8. The second-order valence-corrected chi connectivity index (χ2v) is 10.2. The molecule has 0 heterocycles. The zero-order valence-electron chi connectivity index (χ0n) is 18.9. The number of ether oxygens (including phenoxy) is 1. The van der Waals surface area contributed by atoms with Gasteiger partial charge in [0.25, 0.3) is 5.91 Å². The number of carbonyl (C=O) groups excluding carboxylic acids is 2. The number of carbonyl (C=O) groups is 2. The third-order valence-electron chi connectivity index (χ3n) is 7.55. The summed E-state index contributed by atoms with van der Waals surface area (Å²) in [5, 5.41) is 6.93. The summed E-state index contributed by atoms with van der Waals surface area (Å²) in [7, 11) is 0. The van der Waals surface area contributed by atoms with Gasteiger partial charge >= 0.3 is 0 Å². The second kappa shape index (κ2) is 8.27. The van der Waals surface area contributed by atoms with Gasteiger partial charge in [0.15, 0.2) is 11.9 Å². The molecule has 1 unspecified atom stereocenters. The lowest BCUT2D eigenvalue weighted by Gasteiger charge is -2.57. The van der Waals surface area contributed by atoms with E-state index in [4.69, 9.17) is 4.74 Å². The molecule has 4 fully saturated rings. The highest BCUT2D eigenvalue weighted by Crippen LogP contribution is 2.56. The Morgan fingerprint density at radius 1 is 0.938 bits per heavy atom. The highest BCUT2D eigenvalue weighted by molar-refractivity contribution is 5.97. The molecule has 2 aromatic carbocycles. The Labute approximate surface area is 189 Å². The summed E-state index contributed by atoms with van der Waals surface area (Å²) in [6.45, 7) is 3.24. The molecule has 168 valence electrons. The van der Waals surface area contributed by atoms with Crippen LogP contribution in [0.5, 0.6) is 5.75 Å². The molecule has 0 spiro atoms. The number of hydrogen-bond donors (Lipinski definition) is 2. The minimum Gasteiger partial charge on any atom is -0.481 e. The number of Topliss-reactive ketones (excluding diaryl/α,β-unsaturated/α-hetero) is 1. The summed E-state index contributed by atoms with van der Waals surface area (Å²) in [6, 6.07) is 14.9. The fraction of sp³-hybridized carbons (Fsp3) is 0.481. The van der Waals surface area contributed by atoms with Crippen LogP contribution in [0.1, 0.15) is 62.7 Å². The van der Waals surface area contributed by atoms with E-state index in [1.54, 1.807) is 31.2 Å². The number of nitrogens with one attached hydrogen (secondary N) is 2. The van der Waals surface area contributed by atoms with E-state index in [9.17, 15) is 9.59 Å². The first kappa shape index (κ1) is 21.0. The molecular weight excluding hydrogens is 400 g/mol. The van der Waals surface area contributed by atoms with Crippen LogP contribution in [0.15, 0.2) is 48.5 Å². The minimum absolute atomic E-state index is 0.0303. The van der Waals surface area contributed by atoms with Gasteiger partial charge in [0, 0.05) is 11.1 Å². The van der Waals surface area contributed by atoms with E-state index in [2.05, 4.69) is 16.7 Å². The van der Waals surface area contributed by atoms with Crippen LogP contribution in [0, 0.1) is 17.8 Å². The van der Waals surface area contributed by atoms with Crippen LogP contribution in [0.25, 0.3) is 0 Å². The molecule has 0 saturated heterocycles. The summed E-state index contributed by atoms with van der Waals surface area (Å²) in [5.41, 5.74) is 2.53. The maximum absolute atomic E-state index is 12.9. The molecule has 2 aromatic rings. The third kappa shape index (κ3) is 4.25. The Hall–Kier alpha value is -2.82. The van der Waals surface area contributed by atoms with E-state index in [1.165, 1.54) is 45.4 Å². The molecule has 2 N–H and O–H groups in total. The maximum Gasteiger partial charge on any atom is 0.265 e. The Balaban J connectivity index is 1.27. The van der Waals surface area contributed by atoms with E-state index < -0.39 is 6.10 Å². The fourth-order valence-corrected chi connectivity index (χ4v) is 6.53. The molecule has 4 bridgehead atoms. The maximum atomic E-state index is 12.9. The lowest BCUT2D eigenvalue weighted by Crippen LogP contribution is -2.54. The molecule has 0 aliphatic heterocycles. The monoisotopic (exact) mass is 432 g/mol. The van der Waals surface area contributed by atoms with Crippen molar-refractivity contribution in [2.24, 2.45) is 17.8 Å². The average Bonchev–Trinajstić information content (AvgIpc) is 2.74. The molecule has 6 rings (SSSR count). The first-order chi connectivity index (χ1) is 15.4. The van der Waals surface area contributed by atoms with Crippen LogP contribution in [-0.2, 0) is 4.79 Å². The number of anilines is 2. The van der Waals surface area contributed by atoms with Crippen molar-refractivity contribution in [2.45, 2.75) is 64.0 Å². The molecule has 4 aliphatic rings. The van der Waals surface area contributed by atoms with Crippen LogP contribution in [0.3, 0.4) is 0 Å². The van der Waals surface area contributed by atoms with E-state index in [0.717, 1.165) is 29.1 Å². The second-order valence-electron chi connectivity index (χ2n) is 10.2. The Morgan fingerprint density at radius 3 is 2.19 bits per heavy atom. The molecule has 0 aromatic heterocycles. The van der Waals surface area contributed by atoms with Gasteiger partial charge in [-0.05, 0) is 94.4 Å². The number of ketones is 1. The van der Waals surface area contributed by atoms with E-state index in [-0.39, 0.29) is 17.2 Å². The molecule has 32 heavy (non-hydrogen) atoms. The van der Waals surface area contributed by atoms with Gasteiger partial charge in [-0.2, -0.15) is 0 Å². The van der Waals surface area contributed by atoms with Gasteiger partial charge in [-0.3, -0.25) is 9.59 Å². The van der Waals surface area contributed by atoms with Crippen molar-refractivity contribution in [3.63, 3.8) is 0 Å². The standard InChI is InChI=1S/C27H32N2O3/c1-17(30)22-6-5-7-23(13-22)32-18(2)26(31)28-24-8-3-4-9-25(24)29-27-14-19-10-20(15-27)12-21(11-19)16-27/h3-9,13,18-21,29H,10-12,14-16H2,1-2H3,(H,28,31). The van der Waals surface area contributed by atoms with Gasteiger partial charge in [-0.15, -0.1) is 0 Å². The Morgan fingerprint density at radius 2 is 1.56 bits per heavy atom. The fourth-order valence-electron chi connectivity index (χ4n) is 6.53. The molecule has 4 aliphatic carbocycles. The van der Waals surface area contributed by atoms with Crippen LogP contribution < -0.4 is 15.4 Å². The summed E-state index contributed by atoms with van der Waals surface area (Å²) in [4.78, 5) is 24.5. The lowest BCUT2D eigenvalue weighted by atomic mass is 9.53. The Bertz CT molecular complexity index is 996. The molecule has 1 atom stereocenters. The van der Waals surface area contributed by atoms with Crippen LogP contribution in [-0.4, -0.2) is 23.3 Å². The van der Waals surface area contributed by atoms with Crippen LogP contribution in [0.2, 0.25) is 0 Å². The first-order valence-electron chi connectivity index (χ1n) is 11.8. The summed E-state index contributed by atoms with van der Waals surface area (Å²) in [5.74, 6) is 2.84. The lowest BCUT2D eigenvalue weighted by molar-refractivity contribution is -0.122. The van der Waals surface area contributed by atoms with Crippen molar-refractivity contribution in [1.82, 2.24) is 0 Å². The van der Waals surface area contributed by atoms with Gasteiger partial charge in [-0.25, -0.2) is 0 Å². The van der Waals surface area contributed by atoms with E-state index in [0.29, 0.717) is 11.3 Å². The predicted molar refractivity (Wildman–Crippen MR) is 126 cm³/mol. The summed E-state index contributed by atoms with van der Waals surface area (Å²) < 4.78 is 5.83. The Kier molecular flexibility index (Phi) is 5.44. The number of amides is 1. The molecule has 5 heteroatoms. The molecular formula is C27H32N2O3. The number of rotatable bonds is 7. The molecule has 0 radical (unpaired) electrons. The smallest absolute Gasteiger partial charge is 0.265 e. The molecule has 1 amide bonds. The normalized spacial score (nSPS) is 28.8. The number of hydrogen-bond acceptors (Lipinski definition) is 4. The predicted octanol–water partition coefficient (Wildman–Crippen LogP) is 5.68. The zero-order chi connectivity index (χ0) is 22.3. The quantitative estimate of drug-likeness (QED) is 0.553. The molecule has 5 nitrogen and oxygen atoms in total. The van der Waals surface area contributed by atoms with Crippen LogP contribution in [0.4, 0.5) is 11.4 Å². The van der Waals surface area contributed by atoms with Crippen molar-refractivity contribution in [3.05, 3.63) is 54.1 Å². The number of para-hydroxylation sites is 2. The van der Waals surface area contributed by atoms with Gasteiger partial charge < -0.3 is 15.4 Å². The van der Waals surface area contributed by atoms with Crippen molar-refractivity contribution < 1.29 is 14.3 Å². The van der Waals surface area contributed by atoms with Crippen LogP contribution >= 0.6 is 0 Å². The van der Waals surface area contributed by atoms with Crippen molar-refractivity contribution in [1.29, 1.82) is 0 Å². The molecule has 4 saturated carbocycles. The highest BCUT2D eigenvalue weighted by atomic mass is 16.5. The van der Waals surface area contributed by atoms with Gasteiger partial charge in [0.1, 0.15) is 5.75 Å². The number of benzene rings is 2. The van der Waals surface area contributed by atoms with Crippen molar-refractivity contribution >= 4 is 23.1 Å². The van der Waals surface area contributed by atoms with E-state index >= 15 is 0 Å². The zero-order valence-corrected chi connectivity index (χ0v) is 18.9. The largest absolute Gasteiger partial charge is 0.481 e. The SMILES string of the molecule is CC(=O)c1cccc(OC(C)C(=O)Nc2ccccc2NC23CC4CC(CC(C4)C2)C3)c1. The van der Waals surface area contributed by atoms with E-state index in [1.807, 2.05) is 18.2 Å². The highest BCUT2D eigenvalue weighted by Gasteiger charge is 2.51. The van der Waals surface area contributed by atoms with Gasteiger partial charge in [-0.1, -0.05) is 24.3 Å². The van der Waals surface area contributed by atoms with Crippen molar-refractivity contribution in [2.75, 3.05) is 10.6 Å². The van der Waals surface area contributed by atoms with Gasteiger partial charge in [0.2, 0.25) is 0 Å². The summed E-state index contributed by atoms with van der Waals surface area (Å²) in [6.07, 6.45) is 7.25. The average molecular weight is 433 g/mol. The van der Waals surface area contributed by atoms with Crippen molar-refractivity contribution in [3.8, 4) is 5.75 Å². The summed E-state index contributed by atoms with van der Waals surface area (Å²) >= 11 is 0. The third-order valence-corrected chi connectivity index (χ3v) is 7.55. The minimum atomic E-state index is -0.690. The van der Waals surface area contributed by atoms with Gasteiger partial charge in [0.05, 0.1) is 11.4 Å².